The Balaban J connectivity index is 1.28. The number of amides is 1. The lowest BCUT2D eigenvalue weighted by atomic mass is 10.1. The number of benzene rings is 2. The van der Waals surface area contributed by atoms with Gasteiger partial charge in [0.2, 0.25) is 5.91 Å². The van der Waals surface area contributed by atoms with Crippen LogP contribution >= 0.6 is 0 Å². The van der Waals surface area contributed by atoms with E-state index in [2.05, 4.69) is 58.0 Å². The van der Waals surface area contributed by atoms with Crippen LogP contribution in [-0.4, -0.2) is 66.5 Å². The van der Waals surface area contributed by atoms with Gasteiger partial charge in [-0.05, 0) is 48.6 Å². The average Bonchev–Trinajstić information content (AvgIpc) is 3.61. The van der Waals surface area contributed by atoms with Gasteiger partial charge in [0.25, 0.3) is 0 Å². The van der Waals surface area contributed by atoms with Crippen molar-refractivity contribution in [2.75, 3.05) is 39.8 Å². The molecule has 0 spiro atoms. The Morgan fingerprint density at radius 3 is 2.37 bits per heavy atom. The molecule has 1 aliphatic heterocycles. The molecule has 2 aromatic rings. The quantitative estimate of drug-likeness (QED) is 0.673. The molecule has 2 fully saturated rings. The second-order valence-corrected chi connectivity index (χ2v) is 8.57. The summed E-state index contributed by atoms with van der Waals surface area (Å²) in [5, 5.41) is 0. The lowest BCUT2D eigenvalue weighted by molar-refractivity contribution is -0.134. The number of hydrogen-bond donors (Lipinski definition) is 0. The van der Waals surface area contributed by atoms with Crippen molar-refractivity contribution in [1.29, 1.82) is 0 Å². The van der Waals surface area contributed by atoms with Crippen LogP contribution in [0.15, 0.2) is 48.5 Å². The van der Waals surface area contributed by atoms with Gasteiger partial charge in [-0.2, -0.15) is 0 Å². The molecule has 0 unspecified atom stereocenters. The largest absolute Gasteiger partial charge is 0.497 e. The molecule has 1 aliphatic carbocycles. The van der Waals surface area contributed by atoms with Crippen LogP contribution in [-0.2, 0) is 17.9 Å². The number of rotatable bonds is 8. The van der Waals surface area contributed by atoms with Crippen molar-refractivity contribution in [1.82, 2.24) is 14.7 Å². The van der Waals surface area contributed by atoms with Gasteiger partial charge in [0.15, 0.2) is 0 Å². The SMILES string of the molecule is COc1ccc(CN(CC(=O)N2CCN(Cc3ccccc3C)CC2)C2CC2)cc1. The fourth-order valence-corrected chi connectivity index (χ4v) is 4.18. The molecule has 1 amide bonds. The Bertz CT molecular complexity index is 840. The number of carbonyl (C=O) groups is 1. The molecular formula is C25H33N3O2. The zero-order valence-corrected chi connectivity index (χ0v) is 18.2. The van der Waals surface area contributed by atoms with E-state index in [1.54, 1.807) is 7.11 Å². The Morgan fingerprint density at radius 1 is 1.03 bits per heavy atom. The van der Waals surface area contributed by atoms with Crippen molar-refractivity contribution in [2.24, 2.45) is 0 Å². The standard InChI is InChI=1S/C25H33N3O2/c1-20-5-3-4-6-22(20)18-26-13-15-27(16-14-26)25(29)19-28(23-9-10-23)17-21-7-11-24(30-2)12-8-21/h3-8,11-12,23H,9-10,13-19H2,1-2H3. The van der Waals surface area contributed by atoms with Crippen molar-refractivity contribution in [3.63, 3.8) is 0 Å². The van der Waals surface area contributed by atoms with Crippen LogP contribution in [0.5, 0.6) is 5.75 Å². The highest BCUT2D eigenvalue weighted by Gasteiger charge is 2.32. The second-order valence-electron chi connectivity index (χ2n) is 8.57. The molecule has 5 heteroatoms. The first-order valence-electron chi connectivity index (χ1n) is 11.0. The van der Waals surface area contributed by atoms with E-state index in [0.29, 0.717) is 12.6 Å². The zero-order chi connectivity index (χ0) is 20.9. The molecule has 30 heavy (non-hydrogen) atoms. The molecule has 0 radical (unpaired) electrons. The molecule has 1 saturated heterocycles. The van der Waals surface area contributed by atoms with Crippen LogP contribution in [0.25, 0.3) is 0 Å². The van der Waals surface area contributed by atoms with E-state index in [-0.39, 0.29) is 5.91 Å². The van der Waals surface area contributed by atoms with Crippen molar-refractivity contribution in [3.8, 4) is 5.75 Å². The van der Waals surface area contributed by atoms with Crippen molar-refractivity contribution in [3.05, 3.63) is 65.2 Å². The molecule has 1 saturated carbocycles. The number of hydrogen-bond acceptors (Lipinski definition) is 4. The molecule has 0 bridgehead atoms. The van der Waals surface area contributed by atoms with Crippen LogP contribution in [0.4, 0.5) is 0 Å². The maximum atomic E-state index is 13.0. The molecule has 160 valence electrons. The first-order valence-corrected chi connectivity index (χ1v) is 11.0. The normalized spacial score (nSPS) is 17.4. The van der Waals surface area contributed by atoms with Crippen LogP contribution < -0.4 is 4.74 Å². The van der Waals surface area contributed by atoms with E-state index >= 15 is 0 Å². The first-order chi connectivity index (χ1) is 14.6. The lowest BCUT2D eigenvalue weighted by Gasteiger charge is -2.36. The third kappa shape index (κ3) is 5.41. The molecule has 0 aromatic heterocycles. The van der Waals surface area contributed by atoms with Gasteiger partial charge < -0.3 is 9.64 Å². The molecule has 5 nitrogen and oxygen atoms in total. The third-order valence-electron chi connectivity index (χ3n) is 6.33. The minimum atomic E-state index is 0.269. The topological polar surface area (TPSA) is 36.0 Å². The minimum absolute atomic E-state index is 0.269. The van der Waals surface area contributed by atoms with Gasteiger partial charge >= 0.3 is 0 Å². The summed E-state index contributed by atoms with van der Waals surface area (Å²) in [5.74, 6) is 1.14. The second kappa shape index (κ2) is 9.63. The Kier molecular flexibility index (Phi) is 6.70. The van der Waals surface area contributed by atoms with E-state index in [1.807, 2.05) is 12.1 Å². The summed E-state index contributed by atoms with van der Waals surface area (Å²) in [6.07, 6.45) is 2.40. The third-order valence-corrected chi connectivity index (χ3v) is 6.33. The molecular weight excluding hydrogens is 374 g/mol. The van der Waals surface area contributed by atoms with Gasteiger partial charge in [0, 0.05) is 45.3 Å². The Morgan fingerprint density at radius 2 is 1.73 bits per heavy atom. The van der Waals surface area contributed by atoms with Gasteiger partial charge in [-0.1, -0.05) is 36.4 Å². The van der Waals surface area contributed by atoms with Gasteiger partial charge in [0.1, 0.15) is 5.75 Å². The minimum Gasteiger partial charge on any atom is -0.497 e. The smallest absolute Gasteiger partial charge is 0.236 e. The Hall–Kier alpha value is -2.37. The fraction of sp³-hybridized carbons (Fsp3) is 0.480. The first kappa shape index (κ1) is 20.9. The molecule has 4 rings (SSSR count). The van der Waals surface area contributed by atoms with E-state index in [4.69, 9.17) is 4.74 Å². The van der Waals surface area contributed by atoms with Crippen molar-refractivity contribution >= 4 is 5.91 Å². The number of nitrogens with zero attached hydrogens (tertiary/aromatic N) is 3. The highest BCUT2D eigenvalue weighted by molar-refractivity contribution is 5.78. The predicted molar refractivity (Wildman–Crippen MR) is 119 cm³/mol. The summed E-state index contributed by atoms with van der Waals surface area (Å²) < 4.78 is 5.25. The van der Waals surface area contributed by atoms with E-state index in [1.165, 1.54) is 29.5 Å². The number of aryl methyl sites for hydroxylation is 1. The maximum Gasteiger partial charge on any atom is 0.236 e. The number of carbonyl (C=O) groups excluding carboxylic acids is 1. The number of ether oxygens (including phenoxy) is 1. The van der Waals surface area contributed by atoms with Gasteiger partial charge in [0.05, 0.1) is 13.7 Å². The monoisotopic (exact) mass is 407 g/mol. The summed E-state index contributed by atoms with van der Waals surface area (Å²) in [5.41, 5.74) is 3.96. The highest BCUT2D eigenvalue weighted by atomic mass is 16.5. The molecule has 2 aromatic carbocycles. The Labute approximate surface area is 180 Å². The van der Waals surface area contributed by atoms with E-state index < -0.39 is 0 Å². The van der Waals surface area contributed by atoms with Crippen LogP contribution in [0, 0.1) is 6.92 Å². The summed E-state index contributed by atoms with van der Waals surface area (Å²) >= 11 is 0. The fourth-order valence-electron chi connectivity index (χ4n) is 4.18. The molecule has 2 aliphatic rings. The van der Waals surface area contributed by atoms with Crippen LogP contribution in [0.1, 0.15) is 29.5 Å². The predicted octanol–water partition coefficient (Wildman–Crippen LogP) is 3.31. The van der Waals surface area contributed by atoms with Crippen molar-refractivity contribution in [2.45, 2.75) is 38.9 Å². The summed E-state index contributed by atoms with van der Waals surface area (Å²) in [6.45, 7) is 8.04. The number of piperazine rings is 1. The molecule has 0 atom stereocenters. The van der Waals surface area contributed by atoms with Crippen molar-refractivity contribution < 1.29 is 9.53 Å². The van der Waals surface area contributed by atoms with Crippen LogP contribution in [0.3, 0.4) is 0 Å². The maximum absolute atomic E-state index is 13.0. The average molecular weight is 408 g/mol. The summed E-state index contributed by atoms with van der Waals surface area (Å²) in [6, 6.07) is 17.3. The number of methoxy groups -OCH3 is 1. The molecule has 0 N–H and O–H groups in total. The summed E-state index contributed by atoms with van der Waals surface area (Å²) in [4.78, 5) is 19.9. The van der Waals surface area contributed by atoms with E-state index in [9.17, 15) is 4.79 Å². The van der Waals surface area contributed by atoms with E-state index in [0.717, 1.165) is 45.0 Å². The lowest BCUT2D eigenvalue weighted by Crippen LogP contribution is -2.51. The van der Waals surface area contributed by atoms with Gasteiger partial charge in [-0.3, -0.25) is 14.6 Å². The van der Waals surface area contributed by atoms with Crippen LogP contribution in [0.2, 0.25) is 0 Å². The zero-order valence-electron chi connectivity index (χ0n) is 18.2. The van der Waals surface area contributed by atoms with Gasteiger partial charge in [-0.15, -0.1) is 0 Å². The summed E-state index contributed by atoms with van der Waals surface area (Å²) in [7, 11) is 1.69. The molecule has 1 heterocycles. The highest BCUT2D eigenvalue weighted by Crippen LogP contribution is 2.28. The van der Waals surface area contributed by atoms with Gasteiger partial charge in [-0.25, -0.2) is 0 Å².